The lowest BCUT2D eigenvalue weighted by molar-refractivity contribution is -0.120. The van der Waals surface area contributed by atoms with Gasteiger partial charge in [0, 0.05) is 25.5 Å². The minimum Gasteiger partial charge on any atom is -0.368 e. The van der Waals surface area contributed by atoms with E-state index in [1.165, 1.54) is 0 Å². The van der Waals surface area contributed by atoms with Gasteiger partial charge in [0.15, 0.2) is 0 Å². The van der Waals surface area contributed by atoms with E-state index in [0.29, 0.717) is 6.54 Å². The van der Waals surface area contributed by atoms with E-state index in [0.717, 1.165) is 12.1 Å². The largest absolute Gasteiger partial charge is 0.368 e. The van der Waals surface area contributed by atoms with E-state index in [2.05, 4.69) is 10.3 Å². The first-order valence-electron chi connectivity index (χ1n) is 5.18. The SMILES string of the molecule is CN(C)CCNC(C(N)=O)c1cccnc1. The highest BCUT2D eigenvalue weighted by molar-refractivity contribution is 5.81. The molecule has 88 valence electrons. The summed E-state index contributed by atoms with van der Waals surface area (Å²) in [5.41, 5.74) is 6.14. The van der Waals surface area contributed by atoms with Crippen LogP contribution in [0.25, 0.3) is 0 Å². The summed E-state index contributed by atoms with van der Waals surface area (Å²) >= 11 is 0. The Morgan fingerprint density at radius 2 is 2.38 bits per heavy atom. The number of amides is 1. The predicted octanol–water partition coefficient (Wildman–Crippen LogP) is -0.241. The molecule has 1 heterocycles. The van der Waals surface area contributed by atoms with E-state index in [9.17, 15) is 4.79 Å². The molecule has 0 aliphatic carbocycles. The zero-order valence-electron chi connectivity index (χ0n) is 9.68. The molecule has 0 saturated heterocycles. The highest BCUT2D eigenvalue weighted by Gasteiger charge is 2.16. The van der Waals surface area contributed by atoms with Crippen LogP contribution in [-0.4, -0.2) is 43.0 Å². The molecule has 0 spiro atoms. The molecule has 1 rings (SSSR count). The number of nitrogens with two attached hydrogens (primary N) is 1. The van der Waals surface area contributed by atoms with Gasteiger partial charge >= 0.3 is 0 Å². The molecule has 0 bridgehead atoms. The van der Waals surface area contributed by atoms with Crippen molar-refractivity contribution in [1.82, 2.24) is 15.2 Å². The van der Waals surface area contributed by atoms with Crippen LogP contribution in [-0.2, 0) is 4.79 Å². The fourth-order valence-electron chi connectivity index (χ4n) is 1.36. The highest BCUT2D eigenvalue weighted by Crippen LogP contribution is 2.09. The second-order valence-corrected chi connectivity index (χ2v) is 3.88. The van der Waals surface area contributed by atoms with Gasteiger partial charge in [-0.2, -0.15) is 0 Å². The number of nitrogens with zero attached hydrogens (tertiary/aromatic N) is 2. The van der Waals surface area contributed by atoms with Gasteiger partial charge in [-0.3, -0.25) is 9.78 Å². The number of likely N-dealkylation sites (N-methyl/N-ethyl adjacent to an activating group) is 1. The number of hydrogen-bond donors (Lipinski definition) is 2. The van der Waals surface area contributed by atoms with Gasteiger partial charge in [-0.1, -0.05) is 6.07 Å². The maximum atomic E-state index is 11.3. The average molecular weight is 222 g/mol. The number of pyridine rings is 1. The van der Waals surface area contributed by atoms with Crippen molar-refractivity contribution in [2.24, 2.45) is 5.73 Å². The quantitative estimate of drug-likeness (QED) is 0.697. The Balaban J connectivity index is 2.59. The van der Waals surface area contributed by atoms with Gasteiger partial charge in [-0.15, -0.1) is 0 Å². The lowest BCUT2D eigenvalue weighted by Gasteiger charge is -2.17. The Labute approximate surface area is 95.7 Å². The van der Waals surface area contributed by atoms with Crippen LogP contribution in [0.5, 0.6) is 0 Å². The van der Waals surface area contributed by atoms with Gasteiger partial charge in [-0.05, 0) is 25.7 Å². The number of carbonyl (C=O) groups is 1. The van der Waals surface area contributed by atoms with Gasteiger partial charge in [-0.25, -0.2) is 0 Å². The summed E-state index contributed by atoms with van der Waals surface area (Å²) in [6.45, 7) is 1.56. The molecule has 5 nitrogen and oxygen atoms in total. The van der Waals surface area contributed by atoms with Crippen LogP contribution in [0.15, 0.2) is 24.5 Å². The molecule has 0 aliphatic heterocycles. The van der Waals surface area contributed by atoms with Crippen molar-refractivity contribution in [3.05, 3.63) is 30.1 Å². The molecule has 3 N–H and O–H groups in total. The molecule has 0 aromatic carbocycles. The molecule has 16 heavy (non-hydrogen) atoms. The van der Waals surface area contributed by atoms with Crippen LogP contribution >= 0.6 is 0 Å². The Morgan fingerprint density at radius 1 is 1.62 bits per heavy atom. The molecule has 1 amide bonds. The molecule has 0 fully saturated rings. The van der Waals surface area contributed by atoms with Crippen molar-refractivity contribution in [1.29, 1.82) is 0 Å². The minimum absolute atomic E-state index is 0.383. The van der Waals surface area contributed by atoms with E-state index in [1.54, 1.807) is 18.5 Å². The second-order valence-electron chi connectivity index (χ2n) is 3.88. The molecule has 0 saturated carbocycles. The second kappa shape index (κ2) is 6.19. The average Bonchev–Trinajstić information content (AvgIpc) is 2.25. The number of rotatable bonds is 6. The monoisotopic (exact) mass is 222 g/mol. The fourth-order valence-corrected chi connectivity index (χ4v) is 1.36. The van der Waals surface area contributed by atoms with Crippen LogP contribution in [0.4, 0.5) is 0 Å². The number of carbonyl (C=O) groups excluding carboxylic acids is 1. The van der Waals surface area contributed by atoms with Crippen LogP contribution in [0, 0.1) is 0 Å². The third-order valence-electron chi connectivity index (χ3n) is 2.21. The molecule has 1 atom stereocenters. The normalized spacial score (nSPS) is 12.7. The van der Waals surface area contributed by atoms with Crippen molar-refractivity contribution in [2.45, 2.75) is 6.04 Å². The summed E-state index contributed by atoms with van der Waals surface area (Å²) in [5, 5.41) is 3.11. The number of aromatic nitrogens is 1. The maximum absolute atomic E-state index is 11.3. The van der Waals surface area contributed by atoms with Crippen molar-refractivity contribution < 1.29 is 4.79 Å². The molecule has 1 aromatic rings. The van der Waals surface area contributed by atoms with E-state index in [4.69, 9.17) is 5.73 Å². The summed E-state index contributed by atoms with van der Waals surface area (Å²) in [4.78, 5) is 17.3. The zero-order chi connectivity index (χ0) is 12.0. The van der Waals surface area contributed by atoms with E-state index < -0.39 is 6.04 Å². The van der Waals surface area contributed by atoms with Crippen LogP contribution < -0.4 is 11.1 Å². The molecular weight excluding hydrogens is 204 g/mol. The van der Waals surface area contributed by atoms with Crippen LogP contribution in [0.2, 0.25) is 0 Å². The Bertz CT molecular complexity index is 326. The Kier molecular flexibility index (Phi) is 4.88. The lowest BCUT2D eigenvalue weighted by Crippen LogP contribution is -2.37. The van der Waals surface area contributed by atoms with E-state index >= 15 is 0 Å². The van der Waals surface area contributed by atoms with Gasteiger partial charge in [0.2, 0.25) is 5.91 Å². The van der Waals surface area contributed by atoms with Gasteiger partial charge in [0.25, 0.3) is 0 Å². The van der Waals surface area contributed by atoms with Gasteiger partial charge < -0.3 is 16.0 Å². The third kappa shape index (κ3) is 3.96. The number of hydrogen-bond acceptors (Lipinski definition) is 4. The highest BCUT2D eigenvalue weighted by atomic mass is 16.1. The molecule has 5 heteroatoms. The lowest BCUT2D eigenvalue weighted by atomic mass is 10.1. The number of nitrogens with one attached hydrogen (secondary N) is 1. The Morgan fingerprint density at radius 3 is 2.88 bits per heavy atom. The van der Waals surface area contributed by atoms with E-state index in [1.807, 2.05) is 25.1 Å². The summed E-state index contributed by atoms with van der Waals surface area (Å²) in [7, 11) is 3.95. The molecule has 1 aromatic heterocycles. The van der Waals surface area contributed by atoms with Crippen molar-refractivity contribution >= 4 is 5.91 Å². The molecule has 0 aliphatic rings. The zero-order valence-corrected chi connectivity index (χ0v) is 9.68. The molecular formula is C11H18N4O. The summed E-state index contributed by atoms with van der Waals surface area (Å²) in [5.74, 6) is -0.383. The topological polar surface area (TPSA) is 71.2 Å². The van der Waals surface area contributed by atoms with Crippen LogP contribution in [0.3, 0.4) is 0 Å². The number of primary amides is 1. The van der Waals surface area contributed by atoms with Crippen molar-refractivity contribution in [3.8, 4) is 0 Å². The minimum atomic E-state index is -0.464. The molecule has 0 radical (unpaired) electrons. The first-order chi connectivity index (χ1) is 7.61. The first kappa shape index (κ1) is 12.6. The third-order valence-corrected chi connectivity index (χ3v) is 2.21. The van der Waals surface area contributed by atoms with Crippen molar-refractivity contribution in [2.75, 3.05) is 27.2 Å². The first-order valence-corrected chi connectivity index (χ1v) is 5.18. The van der Waals surface area contributed by atoms with Crippen molar-refractivity contribution in [3.63, 3.8) is 0 Å². The summed E-state index contributed by atoms with van der Waals surface area (Å²) in [6, 6.07) is 3.16. The molecule has 1 unspecified atom stereocenters. The summed E-state index contributed by atoms with van der Waals surface area (Å²) < 4.78 is 0. The predicted molar refractivity (Wildman–Crippen MR) is 62.7 cm³/mol. The van der Waals surface area contributed by atoms with Gasteiger partial charge in [0.1, 0.15) is 6.04 Å². The maximum Gasteiger partial charge on any atom is 0.239 e. The summed E-state index contributed by atoms with van der Waals surface area (Å²) in [6.07, 6.45) is 3.32. The standard InChI is InChI=1S/C11H18N4O/c1-15(2)7-6-14-10(11(12)16)9-4-3-5-13-8-9/h3-5,8,10,14H,6-7H2,1-2H3,(H2,12,16). The van der Waals surface area contributed by atoms with E-state index in [-0.39, 0.29) is 5.91 Å². The fraction of sp³-hybridized carbons (Fsp3) is 0.455. The van der Waals surface area contributed by atoms with Crippen LogP contribution in [0.1, 0.15) is 11.6 Å². The Hall–Kier alpha value is -1.46. The van der Waals surface area contributed by atoms with Gasteiger partial charge in [0.05, 0.1) is 0 Å². The smallest absolute Gasteiger partial charge is 0.239 e.